The fourth-order valence-electron chi connectivity index (χ4n) is 4.47. The third-order valence-corrected chi connectivity index (χ3v) is 6.76. The van der Waals surface area contributed by atoms with E-state index in [1.165, 1.54) is 57.8 Å². The molecule has 0 radical (unpaired) electrons. The van der Waals surface area contributed by atoms with Crippen molar-refractivity contribution < 1.29 is 0 Å². The van der Waals surface area contributed by atoms with Crippen LogP contribution in [0.2, 0.25) is 0 Å². The Morgan fingerprint density at radius 3 is 2.00 bits per heavy atom. The average molecular weight is 265 g/mol. The highest BCUT2D eigenvalue weighted by Crippen LogP contribution is 2.47. The van der Waals surface area contributed by atoms with E-state index in [1.807, 2.05) is 0 Å². The van der Waals surface area contributed by atoms with E-state index in [0.29, 0.717) is 5.41 Å². The van der Waals surface area contributed by atoms with Crippen molar-refractivity contribution in [2.45, 2.75) is 91.0 Å². The molecule has 19 heavy (non-hydrogen) atoms. The number of hydrogen-bond donors (Lipinski definition) is 1. The van der Waals surface area contributed by atoms with Crippen molar-refractivity contribution in [2.24, 2.45) is 28.9 Å². The Balaban J connectivity index is 1.91. The van der Waals surface area contributed by atoms with Crippen molar-refractivity contribution in [1.82, 2.24) is 0 Å². The van der Waals surface area contributed by atoms with Gasteiger partial charge in [-0.25, -0.2) is 0 Å². The standard InChI is InChI=1S/C18H35N/c1-5-17(3,4)15-10-12-18(19,13-11-15)16-8-6-14(2)7-9-16/h14-16H,5-13,19H2,1-4H3. The minimum atomic E-state index is 0.181. The van der Waals surface area contributed by atoms with Gasteiger partial charge < -0.3 is 5.73 Å². The highest BCUT2D eigenvalue weighted by atomic mass is 14.8. The van der Waals surface area contributed by atoms with Gasteiger partial charge in [0.2, 0.25) is 0 Å². The summed E-state index contributed by atoms with van der Waals surface area (Å²) in [5.41, 5.74) is 7.52. The minimum absolute atomic E-state index is 0.181. The first-order chi connectivity index (χ1) is 8.87. The van der Waals surface area contributed by atoms with E-state index in [2.05, 4.69) is 27.7 Å². The predicted molar refractivity (Wildman–Crippen MR) is 84.1 cm³/mol. The molecule has 2 saturated carbocycles. The second kappa shape index (κ2) is 5.76. The maximum atomic E-state index is 6.83. The maximum absolute atomic E-state index is 6.83. The van der Waals surface area contributed by atoms with Crippen molar-refractivity contribution in [3.63, 3.8) is 0 Å². The van der Waals surface area contributed by atoms with E-state index in [0.717, 1.165) is 17.8 Å². The highest BCUT2D eigenvalue weighted by Gasteiger charge is 2.42. The summed E-state index contributed by atoms with van der Waals surface area (Å²) in [5.74, 6) is 2.65. The van der Waals surface area contributed by atoms with Gasteiger partial charge in [-0.15, -0.1) is 0 Å². The van der Waals surface area contributed by atoms with Crippen LogP contribution < -0.4 is 5.73 Å². The van der Waals surface area contributed by atoms with Crippen LogP contribution >= 0.6 is 0 Å². The van der Waals surface area contributed by atoms with Gasteiger partial charge in [0, 0.05) is 5.54 Å². The van der Waals surface area contributed by atoms with Crippen LogP contribution in [0.15, 0.2) is 0 Å². The molecule has 112 valence electrons. The van der Waals surface area contributed by atoms with E-state index in [9.17, 15) is 0 Å². The summed E-state index contributed by atoms with van der Waals surface area (Å²) in [6.07, 6.45) is 12.2. The van der Waals surface area contributed by atoms with Crippen molar-refractivity contribution >= 4 is 0 Å². The maximum Gasteiger partial charge on any atom is 0.0183 e. The number of nitrogens with two attached hydrogens (primary N) is 1. The second-order valence-electron chi connectivity index (χ2n) is 8.31. The largest absolute Gasteiger partial charge is 0.325 e. The number of hydrogen-bond acceptors (Lipinski definition) is 1. The van der Waals surface area contributed by atoms with Gasteiger partial charge in [0.25, 0.3) is 0 Å². The molecule has 0 spiro atoms. The van der Waals surface area contributed by atoms with Crippen molar-refractivity contribution in [3.05, 3.63) is 0 Å². The molecule has 1 nitrogen and oxygen atoms in total. The quantitative estimate of drug-likeness (QED) is 0.751. The molecule has 0 amide bonds. The van der Waals surface area contributed by atoms with Crippen LogP contribution in [0.3, 0.4) is 0 Å². The lowest BCUT2D eigenvalue weighted by molar-refractivity contribution is 0.0699. The monoisotopic (exact) mass is 265 g/mol. The molecule has 2 aliphatic rings. The van der Waals surface area contributed by atoms with Gasteiger partial charge in [-0.2, -0.15) is 0 Å². The van der Waals surface area contributed by atoms with Crippen LogP contribution in [0.1, 0.15) is 85.5 Å². The fourth-order valence-corrected chi connectivity index (χ4v) is 4.47. The van der Waals surface area contributed by atoms with Gasteiger partial charge in [0.1, 0.15) is 0 Å². The molecular formula is C18H35N. The summed E-state index contributed by atoms with van der Waals surface area (Å²) in [7, 11) is 0. The molecule has 0 aromatic rings. The van der Waals surface area contributed by atoms with Gasteiger partial charge >= 0.3 is 0 Å². The van der Waals surface area contributed by atoms with Gasteiger partial charge in [-0.05, 0) is 61.7 Å². The molecule has 2 rings (SSSR count). The van der Waals surface area contributed by atoms with Crippen LogP contribution in [-0.4, -0.2) is 5.54 Å². The summed E-state index contributed by atoms with van der Waals surface area (Å²) in [6.45, 7) is 9.64. The summed E-state index contributed by atoms with van der Waals surface area (Å²) in [6, 6.07) is 0. The van der Waals surface area contributed by atoms with E-state index >= 15 is 0 Å². The molecule has 2 aliphatic carbocycles. The molecule has 2 fully saturated rings. The molecule has 0 bridgehead atoms. The van der Waals surface area contributed by atoms with Gasteiger partial charge in [0.05, 0.1) is 0 Å². The highest BCUT2D eigenvalue weighted by molar-refractivity contribution is 4.98. The molecule has 0 aromatic heterocycles. The van der Waals surface area contributed by atoms with E-state index in [1.54, 1.807) is 0 Å². The van der Waals surface area contributed by atoms with Gasteiger partial charge in [-0.3, -0.25) is 0 Å². The molecular weight excluding hydrogens is 230 g/mol. The first-order valence-electron chi connectivity index (χ1n) is 8.66. The van der Waals surface area contributed by atoms with E-state index in [4.69, 9.17) is 5.73 Å². The molecule has 0 heterocycles. The van der Waals surface area contributed by atoms with Crippen LogP contribution in [0.4, 0.5) is 0 Å². The summed E-state index contributed by atoms with van der Waals surface area (Å²) < 4.78 is 0. The summed E-state index contributed by atoms with van der Waals surface area (Å²) >= 11 is 0. The van der Waals surface area contributed by atoms with Gasteiger partial charge in [0.15, 0.2) is 0 Å². The van der Waals surface area contributed by atoms with Crippen LogP contribution in [-0.2, 0) is 0 Å². The zero-order valence-corrected chi connectivity index (χ0v) is 13.7. The molecule has 0 atom stereocenters. The van der Waals surface area contributed by atoms with E-state index < -0.39 is 0 Å². The third kappa shape index (κ3) is 3.35. The Hall–Kier alpha value is -0.0400. The molecule has 2 N–H and O–H groups in total. The Labute approximate surface area is 120 Å². The Bertz CT molecular complexity index is 278. The third-order valence-electron chi connectivity index (χ3n) is 6.76. The molecule has 0 unspecified atom stereocenters. The topological polar surface area (TPSA) is 26.0 Å². The first-order valence-corrected chi connectivity index (χ1v) is 8.66. The van der Waals surface area contributed by atoms with Gasteiger partial charge in [-0.1, -0.05) is 47.0 Å². The second-order valence-corrected chi connectivity index (χ2v) is 8.31. The number of rotatable bonds is 3. The Morgan fingerprint density at radius 1 is 1.00 bits per heavy atom. The zero-order valence-electron chi connectivity index (χ0n) is 13.7. The molecule has 1 heteroatoms. The lowest BCUT2D eigenvalue weighted by atomic mass is 9.60. The smallest absolute Gasteiger partial charge is 0.0183 e. The minimum Gasteiger partial charge on any atom is -0.325 e. The summed E-state index contributed by atoms with van der Waals surface area (Å²) in [4.78, 5) is 0. The zero-order chi connectivity index (χ0) is 14.1. The molecule has 0 aliphatic heterocycles. The van der Waals surface area contributed by atoms with Crippen LogP contribution in [0, 0.1) is 23.2 Å². The predicted octanol–water partition coefficient (Wildman–Crippen LogP) is 5.14. The van der Waals surface area contributed by atoms with Crippen LogP contribution in [0.25, 0.3) is 0 Å². The summed E-state index contributed by atoms with van der Waals surface area (Å²) in [5, 5.41) is 0. The normalized spacial score (nSPS) is 41.2. The lowest BCUT2D eigenvalue weighted by Crippen LogP contribution is -2.51. The van der Waals surface area contributed by atoms with Crippen molar-refractivity contribution in [2.75, 3.05) is 0 Å². The molecule has 0 saturated heterocycles. The Kier molecular flexibility index (Phi) is 4.65. The average Bonchev–Trinajstić information content (AvgIpc) is 2.40. The van der Waals surface area contributed by atoms with E-state index in [-0.39, 0.29) is 5.54 Å². The fraction of sp³-hybridized carbons (Fsp3) is 1.00. The lowest BCUT2D eigenvalue weighted by Gasteiger charge is -2.48. The Morgan fingerprint density at radius 2 is 1.53 bits per heavy atom. The van der Waals surface area contributed by atoms with Crippen LogP contribution in [0.5, 0.6) is 0 Å². The first kappa shape index (κ1) is 15.4. The van der Waals surface area contributed by atoms with Crippen molar-refractivity contribution in [1.29, 1.82) is 0 Å². The van der Waals surface area contributed by atoms with Crippen molar-refractivity contribution in [3.8, 4) is 0 Å². The SMILES string of the molecule is CCC(C)(C)C1CCC(N)(C2CCC(C)CC2)CC1. The molecule has 0 aromatic carbocycles.